The van der Waals surface area contributed by atoms with Crippen molar-refractivity contribution in [1.29, 1.82) is 0 Å². The summed E-state index contributed by atoms with van der Waals surface area (Å²) in [6.45, 7) is 0. The van der Waals surface area contributed by atoms with Gasteiger partial charge >= 0.3 is 0 Å². The normalized spacial score (nSPS) is 10.4. The van der Waals surface area contributed by atoms with Crippen LogP contribution in [0.15, 0.2) is 17.2 Å². The van der Waals surface area contributed by atoms with E-state index in [-0.39, 0.29) is 22.1 Å². The Morgan fingerprint density at radius 1 is 1.71 bits per heavy atom. The molecule has 1 rings (SSSR count). The van der Waals surface area contributed by atoms with Gasteiger partial charge in [-0.2, -0.15) is 5.10 Å². The van der Waals surface area contributed by atoms with Crippen LogP contribution in [0.25, 0.3) is 0 Å². The zero-order valence-corrected chi connectivity index (χ0v) is 11.2. The first-order valence-corrected chi connectivity index (χ1v) is 5.66. The molecule has 0 saturated heterocycles. The highest BCUT2D eigenvalue weighted by atomic mass is 127. The lowest BCUT2D eigenvalue weighted by molar-refractivity contribution is -0.385. The number of hydrogen-bond donors (Lipinski definition) is 3. The fourth-order valence-corrected chi connectivity index (χ4v) is 1.66. The molecule has 0 bridgehead atoms. The van der Waals surface area contributed by atoms with Crippen LogP contribution in [-0.4, -0.2) is 21.4 Å². The third kappa shape index (κ3) is 3.78. The van der Waals surface area contributed by atoms with Crippen LogP contribution < -0.4 is 11.2 Å². The second-order valence-corrected chi connectivity index (χ2v) is 4.46. The Kier molecular flexibility index (Phi) is 4.57. The maximum Gasteiger partial charge on any atom is 0.271 e. The molecule has 1 aromatic rings. The molecule has 0 spiro atoms. The van der Waals surface area contributed by atoms with Gasteiger partial charge in [0, 0.05) is 17.7 Å². The van der Waals surface area contributed by atoms with Gasteiger partial charge in [0.05, 0.1) is 14.7 Å². The number of non-ortho nitro benzene ring substituents is 1. The number of hydrazone groups is 1. The van der Waals surface area contributed by atoms with E-state index in [9.17, 15) is 15.2 Å². The van der Waals surface area contributed by atoms with Crippen LogP contribution in [0, 0.1) is 13.7 Å². The molecule has 0 amide bonds. The highest BCUT2D eigenvalue weighted by molar-refractivity contribution is 14.1. The lowest BCUT2D eigenvalue weighted by atomic mass is 10.2. The molecule has 0 fully saturated rings. The van der Waals surface area contributed by atoms with Crippen molar-refractivity contribution >= 4 is 51.8 Å². The monoisotopic (exact) mass is 366 g/mol. The van der Waals surface area contributed by atoms with E-state index in [1.165, 1.54) is 18.3 Å². The molecule has 0 saturated carbocycles. The first kappa shape index (κ1) is 13.6. The zero-order valence-electron chi connectivity index (χ0n) is 8.25. The van der Waals surface area contributed by atoms with E-state index in [0.717, 1.165) is 0 Å². The summed E-state index contributed by atoms with van der Waals surface area (Å²) in [6.07, 6.45) is 1.20. The van der Waals surface area contributed by atoms with Gasteiger partial charge in [-0.1, -0.05) is 0 Å². The molecule has 1 aromatic carbocycles. The Morgan fingerprint density at radius 3 is 2.88 bits per heavy atom. The first-order chi connectivity index (χ1) is 7.91. The summed E-state index contributed by atoms with van der Waals surface area (Å²) in [6, 6.07) is 2.45. The molecule has 0 aliphatic carbocycles. The van der Waals surface area contributed by atoms with Gasteiger partial charge in [-0.25, -0.2) is 0 Å². The van der Waals surface area contributed by atoms with E-state index < -0.39 is 4.92 Å². The van der Waals surface area contributed by atoms with Crippen LogP contribution in [0.5, 0.6) is 5.75 Å². The zero-order chi connectivity index (χ0) is 13.0. The van der Waals surface area contributed by atoms with Crippen LogP contribution in [0.4, 0.5) is 5.69 Å². The summed E-state index contributed by atoms with van der Waals surface area (Å²) in [5, 5.41) is 23.8. The molecule has 0 heterocycles. The minimum absolute atomic E-state index is 0.0409. The number of nitro groups is 1. The molecular formula is C8H7IN4O3S. The number of halogens is 1. The van der Waals surface area contributed by atoms with E-state index in [4.69, 9.17) is 5.73 Å². The summed E-state index contributed by atoms with van der Waals surface area (Å²) in [4.78, 5) is 10.1. The Hall–Kier alpha value is -1.49. The molecule has 0 radical (unpaired) electrons. The molecule has 0 aliphatic rings. The number of phenols is 1. The second kappa shape index (κ2) is 5.72. The van der Waals surface area contributed by atoms with E-state index in [1.54, 1.807) is 22.6 Å². The number of thiocarbonyl (C=S) groups is 1. The van der Waals surface area contributed by atoms with Crippen molar-refractivity contribution in [3.63, 3.8) is 0 Å². The molecular weight excluding hydrogens is 359 g/mol. The highest BCUT2D eigenvalue weighted by Crippen LogP contribution is 2.28. The van der Waals surface area contributed by atoms with Gasteiger partial charge in [-0.3, -0.25) is 15.5 Å². The molecule has 9 heteroatoms. The van der Waals surface area contributed by atoms with Crippen molar-refractivity contribution in [1.82, 2.24) is 5.43 Å². The number of hydrogen-bond acceptors (Lipinski definition) is 5. The fourth-order valence-electron chi connectivity index (χ4n) is 0.975. The molecule has 0 aliphatic heterocycles. The number of rotatable bonds is 3. The average Bonchev–Trinajstić information content (AvgIpc) is 2.23. The highest BCUT2D eigenvalue weighted by Gasteiger charge is 2.13. The molecule has 0 aromatic heterocycles. The minimum Gasteiger partial charge on any atom is -0.506 e. The van der Waals surface area contributed by atoms with Crippen LogP contribution in [-0.2, 0) is 0 Å². The van der Waals surface area contributed by atoms with Crippen molar-refractivity contribution in [2.24, 2.45) is 10.8 Å². The van der Waals surface area contributed by atoms with Gasteiger partial charge in [0.2, 0.25) is 0 Å². The Balaban J connectivity index is 3.09. The standard InChI is InChI=1S/C8H7IN4O3S/c9-6-2-5(13(15)16)1-4(7(6)14)3-11-12-8(10)17/h1-3,14H,(H3,10,12,17). The molecule has 0 atom stereocenters. The van der Waals surface area contributed by atoms with E-state index in [1.807, 2.05) is 0 Å². The van der Waals surface area contributed by atoms with Crippen LogP contribution in [0.2, 0.25) is 0 Å². The molecule has 7 nitrogen and oxygen atoms in total. The number of nitrogens with two attached hydrogens (primary N) is 1. The minimum atomic E-state index is -0.556. The van der Waals surface area contributed by atoms with Gasteiger partial charge in [0.1, 0.15) is 5.75 Å². The van der Waals surface area contributed by atoms with Gasteiger partial charge in [-0.15, -0.1) is 0 Å². The van der Waals surface area contributed by atoms with E-state index in [0.29, 0.717) is 3.57 Å². The van der Waals surface area contributed by atoms with Crippen molar-refractivity contribution in [2.75, 3.05) is 0 Å². The quantitative estimate of drug-likeness (QED) is 0.243. The third-order valence-corrected chi connectivity index (χ3v) is 2.58. The Labute approximate surface area is 115 Å². The number of aromatic hydroxyl groups is 1. The number of nitrogens with one attached hydrogen (secondary N) is 1. The summed E-state index contributed by atoms with van der Waals surface area (Å²) in [5.74, 6) is -0.0929. The number of benzene rings is 1. The predicted molar refractivity (Wildman–Crippen MR) is 75.0 cm³/mol. The van der Waals surface area contributed by atoms with Crippen molar-refractivity contribution in [3.8, 4) is 5.75 Å². The Morgan fingerprint density at radius 2 is 2.35 bits per heavy atom. The number of nitrogens with zero attached hydrogens (tertiary/aromatic N) is 2. The number of nitro benzene ring substituents is 1. The van der Waals surface area contributed by atoms with E-state index >= 15 is 0 Å². The van der Waals surface area contributed by atoms with Crippen molar-refractivity contribution in [3.05, 3.63) is 31.4 Å². The van der Waals surface area contributed by atoms with Crippen molar-refractivity contribution in [2.45, 2.75) is 0 Å². The maximum absolute atomic E-state index is 10.6. The van der Waals surface area contributed by atoms with Crippen LogP contribution in [0.1, 0.15) is 5.56 Å². The van der Waals surface area contributed by atoms with E-state index in [2.05, 4.69) is 22.7 Å². The largest absolute Gasteiger partial charge is 0.506 e. The van der Waals surface area contributed by atoms with Crippen molar-refractivity contribution < 1.29 is 10.0 Å². The van der Waals surface area contributed by atoms with Gasteiger partial charge in [-0.05, 0) is 34.8 Å². The smallest absolute Gasteiger partial charge is 0.271 e. The average molecular weight is 366 g/mol. The summed E-state index contributed by atoms with van der Waals surface area (Å²) in [5.41, 5.74) is 7.49. The summed E-state index contributed by atoms with van der Waals surface area (Å²) in [7, 11) is 0. The predicted octanol–water partition coefficient (Wildman–Crippen LogP) is 1.07. The van der Waals surface area contributed by atoms with Gasteiger partial charge < -0.3 is 10.8 Å². The lowest BCUT2D eigenvalue weighted by Crippen LogP contribution is -2.24. The molecule has 4 N–H and O–H groups in total. The number of phenolic OH excluding ortho intramolecular Hbond substituents is 1. The molecule has 17 heavy (non-hydrogen) atoms. The third-order valence-electron chi connectivity index (χ3n) is 1.67. The second-order valence-electron chi connectivity index (χ2n) is 2.86. The molecule has 0 unspecified atom stereocenters. The Bertz CT molecular complexity index is 506. The SMILES string of the molecule is NC(=S)NN=Cc1cc([N+](=O)[O-])cc(I)c1O. The summed E-state index contributed by atoms with van der Waals surface area (Å²) < 4.78 is 0.355. The fraction of sp³-hybridized carbons (Fsp3) is 0. The topological polar surface area (TPSA) is 114 Å². The lowest BCUT2D eigenvalue weighted by Gasteiger charge is -2.02. The van der Waals surface area contributed by atoms with Gasteiger partial charge in [0.15, 0.2) is 5.11 Å². The van der Waals surface area contributed by atoms with Crippen LogP contribution in [0.3, 0.4) is 0 Å². The first-order valence-electron chi connectivity index (χ1n) is 4.17. The van der Waals surface area contributed by atoms with Gasteiger partial charge in [0.25, 0.3) is 5.69 Å². The molecule has 90 valence electrons. The van der Waals surface area contributed by atoms with Crippen LogP contribution >= 0.6 is 34.8 Å². The summed E-state index contributed by atoms with van der Waals surface area (Å²) >= 11 is 6.30. The maximum atomic E-state index is 10.6.